The number of hydrogen-bond acceptors (Lipinski definition) is 10. The SMILES string of the molecule is COc1ccc(C([15NH]c2ccn([C@@H]3O[C@@H]4CO[Si](C(C)C)(C(C)C)O[Si](C(C)C)(C(C)C)O[C@H]4[C@H]3O)c(=O)[15n]2)(c2ccccc2)c2ccc(OC)cc2)cc1. The van der Waals surface area contributed by atoms with Crippen LogP contribution in [0.25, 0.3) is 0 Å². The van der Waals surface area contributed by atoms with Gasteiger partial charge in [0.15, 0.2) is 6.23 Å². The molecule has 2 aliphatic rings. The number of rotatable bonds is 12. The van der Waals surface area contributed by atoms with E-state index >= 15 is 0 Å². The van der Waals surface area contributed by atoms with E-state index in [1.807, 2.05) is 78.9 Å². The van der Waals surface area contributed by atoms with Crippen LogP contribution in [0.15, 0.2) is 95.9 Å². The molecule has 0 unspecified atom stereocenters. The Morgan fingerprint density at radius 3 is 1.75 bits per heavy atom. The van der Waals surface area contributed by atoms with Crippen LogP contribution < -0.4 is 20.5 Å². The fourth-order valence-electron chi connectivity index (χ4n) is 8.32. The first-order valence-electron chi connectivity index (χ1n) is 19.3. The van der Waals surface area contributed by atoms with Crippen molar-refractivity contribution >= 4 is 22.9 Å². The third kappa shape index (κ3) is 7.43. The maximum absolute atomic E-state index is 14.1. The van der Waals surface area contributed by atoms with Crippen LogP contribution in [0.3, 0.4) is 0 Å². The highest BCUT2D eigenvalue weighted by atomic mass is 28.5. The van der Waals surface area contributed by atoms with Crippen molar-refractivity contribution in [2.24, 2.45) is 0 Å². The lowest BCUT2D eigenvalue weighted by molar-refractivity contribution is -0.0600. The van der Waals surface area contributed by atoms with E-state index in [0.29, 0.717) is 17.3 Å². The van der Waals surface area contributed by atoms with Gasteiger partial charge in [0.25, 0.3) is 0 Å². The standard InChI is InChI=1S/C42H57N3O8Si2/c1-27(2)54(28(3)4)50-26-36-39(52-55(53-54,29(5)6)30(7)8)38(46)40(51-36)45-25-24-37(43-41(45)47)44-42(31-14-12-11-13-15-31,32-16-20-34(48-9)21-17-32)33-18-22-35(49-10)23-19-33/h11-25,27-30,36,38-40,46H,26H2,1-10H3,(H,43,44,47)/t36-,38-,39-,40-/m1/s1/i43+1,44+1. The summed E-state index contributed by atoms with van der Waals surface area (Å²) in [6.45, 7) is 17.4. The van der Waals surface area contributed by atoms with Gasteiger partial charge in [-0.15, -0.1) is 0 Å². The van der Waals surface area contributed by atoms with Gasteiger partial charge in [0, 0.05) is 6.20 Å². The molecule has 0 bridgehead atoms. The topological polar surface area (TPSA) is 123 Å². The summed E-state index contributed by atoms with van der Waals surface area (Å²) >= 11 is 0. The predicted molar refractivity (Wildman–Crippen MR) is 218 cm³/mol. The number of aliphatic hydroxyl groups excluding tert-OH is 1. The van der Waals surface area contributed by atoms with Gasteiger partial charge >= 0.3 is 22.8 Å². The number of hydrogen-bond donors (Lipinski definition) is 2. The quantitative estimate of drug-likeness (QED) is 0.0833. The zero-order valence-corrected chi connectivity index (χ0v) is 35.7. The maximum atomic E-state index is 14.1. The van der Waals surface area contributed by atoms with Crippen LogP contribution in [-0.4, -0.2) is 70.9 Å². The summed E-state index contributed by atoms with van der Waals surface area (Å²) in [5, 5.41) is 15.6. The number of aromatic nitrogens is 2. The van der Waals surface area contributed by atoms with Gasteiger partial charge in [0.05, 0.1) is 20.8 Å². The lowest BCUT2D eigenvalue weighted by Crippen LogP contribution is -2.65. The van der Waals surface area contributed by atoms with Crippen LogP contribution in [-0.2, 0) is 23.2 Å². The molecule has 4 atom stereocenters. The number of fused-ring (bicyclic) bond motifs is 1. The zero-order valence-electron chi connectivity index (χ0n) is 33.7. The fourth-order valence-corrected chi connectivity index (χ4v) is 19.5. The summed E-state index contributed by atoms with van der Waals surface area (Å²) in [4.78, 5) is 18.7. The minimum absolute atomic E-state index is 0.0708. The monoisotopic (exact) mass is 789 g/mol. The minimum Gasteiger partial charge on any atom is -0.497 e. The Hall–Kier alpha value is -3.83. The Bertz CT molecular complexity index is 1880. The van der Waals surface area contributed by atoms with E-state index in [0.717, 1.165) is 16.7 Å². The molecule has 296 valence electrons. The molecule has 3 heterocycles. The van der Waals surface area contributed by atoms with E-state index in [4.69, 9.17) is 27.2 Å². The van der Waals surface area contributed by atoms with Gasteiger partial charge in [-0.3, -0.25) is 4.57 Å². The third-order valence-electron chi connectivity index (χ3n) is 11.3. The molecular weight excluding hydrogens is 733 g/mol. The molecule has 6 rings (SSSR count). The number of anilines is 1. The molecule has 0 amide bonds. The minimum atomic E-state index is -3.03. The Morgan fingerprint density at radius 2 is 1.27 bits per heavy atom. The summed E-state index contributed by atoms with van der Waals surface area (Å²) in [6.07, 6.45) is -1.97. The number of ether oxygens (including phenoxy) is 3. The molecule has 55 heavy (non-hydrogen) atoms. The molecule has 0 radical (unpaired) electrons. The molecule has 1 aromatic heterocycles. The van der Waals surface area contributed by atoms with Crippen molar-refractivity contribution in [3.63, 3.8) is 0 Å². The van der Waals surface area contributed by atoms with Crippen molar-refractivity contribution in [3.8, 4) is 11.5 Å². The van der Waals surface area contributed by atoms with Crippen molar-refractivity contribution in [1.82, 2.24) is 9.55 Å². The van der Waals surface area contributed by atoms with Crippen LogP contribution in [0.5, 0.6) is 11.5 Å². The average molecular weight is 790 g/mol. The van der Waals surface area contributed by atoms with Gasteiger partial charge in [0.2, 0.25) is 0 Å². The van der Waals surface area contributed by atoms with E-state index in [1.165, 1.54) is 4.57 Å². The highest BCUT2D eigenvalue weighted by molar-refractivity contribution is 6.84. The van der Waals surface area contributed by atoms with Crippen molar-refractivity contribution in [3.05, 3.63) is 118 Å². The van der Waals surface area contributed by atoms with Crippen LogP contribution in [0.2, 0.25) is 22.2 Å². The third-order valence-corrected chi connectivity index (χ3v) is 21.6. The highest BCUT2D eigenvalue weighted by Crippen LogP contribution is 2.48. The second kappa shape index (κ2) is 16.3. The molecule has 0 spiro atoms. The van der Waals surface area contributed by atoms with E-state index in [-0.39, 0.29) is 28.8 Å². The van der Waals surface area contributed by atoms with Crippen molar-refractivity contribution < 1.29 is 32.3 Å². The van der Waals surface area contributed by atoms with E-state index in [2.05, 4.69) is 65.7 Å². The summed E-state index contributed by atoms with van der Waals surface area (Å²) in [6, 6.07) is 27.4. The van der Waals surface area contributed by atoms with Gasteiger partial charge in [0.1, 0.15) is 41.2 Å². The molecule has 0 aliphatic carbocycles. The van der Waals surface area contributed by atoms with Crippen molar-refractivity contribution in [2.75, 3.05) is 26.1 Å². The molecular formula is C42H57N3O8Si2. The molecule has 13 heteroatoms. The number of nitrogens with zero attached hydrogens (tertiary/aromatic N) is 2. The Balaban J connectivity index is 1.40. The zero-order chi connectivity index (χ0) is 39.7. The van der Waals surface area contributed by atoms with Gasteiger partial charge in [-0.2, -0.15) is 4.98 Å². The van der Waals surface area contributed by atoms with Crippen LogP contribution in [0, 0.1) is 0 Å². The molecule has 3 aromatic carbocycles. The number of aliphatic hydroxyl groups is 1. The second-order valence-electron chi connectivity index (χ2n) is 15.8. The van der Waals surface area contributed by atoms with E-state index in [9.17, 15) is 9.90 Å². The number of nitrogens with one attached hydrogen (secondary N) is 1. The van der Waals surface area contributed by atoms with E-state index < -0.39 is 52.9 Å². The predicted octanol–water partition coefficient (Wildman–Crippen LogP) is 7.88. The first kappa shape index (κ1) is 40.8. The molecule has 0 saturated carbocycles. The summed E-state index contributed by atoms with van der Waals surface area (Å²) in [7, 11) is -2.59. The van der Waals surface area contributed by atoms with Crippen LogP contribution >= 0.6 is 0 Å². The van der Waals surface area contributed by atoms with Gasteiger partial charge in [-0.05, 0) is 69.2 Å². The number of methoxy groups -OCH3 is 2. The second-order valence-corrected chi connectivity index (χ2v) is 24.7. The lowest BCUT2D eigenvalue weighted by atomic mass is 9.78. The fraction of sp³-hybridized carbons (Fsp3) is 0.476. The normalized spacial score (nSPS) is 22.4. The largest absolute Gasteiger partial charge is 0.497 e. The molecule has 2 aliphatic heterocycles. The summed E-state index contributed by atoms with van der Waals surface area (Å²) in [5.41, 5.74) is 1.59. The number of benzene rings is 3. The first-order chi connectivity index (χ1) is 26.2. The first-order valence-corrected chi connectivity index (χ1v) is 23.2. The van der Waals surface area contributed by atoms with Crippen molar-refractivity contribution in [1.29, 1.82) is 0 Å². The van der Waals surface area contributed by atoms with Gasteiger partial charge in [-0.25, -0.2) is 4.79 Å². The molecule has 4 aromatic rings. The molecule has 2 N–H and O–H groups in total. The smallest absolute Gasteiger partial charge is 0.351 e. The van der Waals surface area contributed by atoms with E-state index in [1.54, 1.807) is 26.5 Å². The molecule has 2 fully saturated rings. The Morgan fingerprint density at radius 1 is 0.764 bits per heavy atom. The van der Waals surface area contributed by atoms with Crippen LogP contribution in [0.4, 0.5) is 5.82 Å². The summed E-state index contributed by atoms with van der Waals surface area (Å²) < 4.78 is 40.1. The molecule has 2 saturated heterocycles. The lowest BCUT2D eigenvalue weighted by Gasteiger charge is -2.51. The average Bonchev–Trinajstić information content (AvgIpc) is 3.46. The summed E-state index contributed by atoms with van der Waals surface area (Å²) in [5.74, 6) is 1.76. The van der Waals surface area contributed by atoms with Gasteiger partial charge in [-0.1, -0.05) is 110 Å². The van der Waals surface area contributed by atoms with Crippen molar-refractivity contribution in [2.45, 2.75) is 108 Å². The van der Waals surface area contributed by atoms with Crippen LogP contribution in [0.1, 0.15) is 78.3 Å². The maximum Gasteiger partial charge on any atom is 0.351 e. The molecule has 11 nitrogen and oxygen atoms in total. The van der Waals surface area contributed by atoms with Gasteiger partial charge < -0.3 is 37.6 Å². The highest BCUT2D eigenvalue weighted by Gasteiger charge is 2.61. The Labute approximate surface area is 327 Å². The Kier molecular flexibility index (Phi) is 12.1.